The van der Waals surface area contributed by atoms with Gasteiger partial charge in [0.15, 0.2) is 0 Å². The maximum absolute atomic E-state index is 11.5. The van der Waals surface area contributed by atoms with Crippen LogP contribution in [0.15, 0.2) is 24.3 Å². The molecule has 1 aromatic rings. The van der Waals surface area contributed by atoms with Gasteiger partial charge in [0.2, 0.25) is 0 Å². The number of amides is 2. The fourth-order valence-corrected chi connectivity index (χ4v) is 1.52. The summed E-state index contributed by atoms with van der Waals surface area (Å²) in [5, 5.41) is 14.3. The Labute approximate surface area is 109 Å². The van der Waals surface area contributed by atoms with Gasteiger partial charge in [-0.3, -0.25) is 0 Å². The van der Waals surface area contributed by atoms with Crippen LogP contribution < -0.4 is 10.6 Å². The molecule has 16 heavy (non-hydrogen) atoms. The Hall–Kier alpha value is -0.820. The Morgan fingerprint density at radius 1 is 1.44 bits per heavy atom. The highest BCUT2D eigenvalue weighted by Gasteiger charge is 2.08. The molecule has 1 atom stereocenters. The van der Waals surface area contributed by atoms with E-state index in [1.54, 1.807) is 0 Å². The van der Waals surface area contributed by atoms with Crippen molar-refractivity contribution < 1.29 is 9.90 Å². The number of aliphatic hydroxyl groups is 1. The molecule has 0 spiro atoms. The highest BCUT2D eigenvalue weighted by Crippen LogP contribution is 2.10. The van der Waals surface area contributed by atoms with Crippen molar-refractivity contribution in [3.8, 4) is 0 Å². The number of aliphatic hydroxyl groups excluding tert-OH is 1. The summed E-state index contributed by atoms with van der Waals surface area (Å²) in [5.41, 5.74) is 0.741. The number of benzene rings is 1. The van der Waals surface area contributed by atoms with Crippen LogP contribution in [-0.2, 0) is 0 Å². The normalized spacial score (nSPS) is 11.9. The van der Waals surface area contributed by atoms with Gasteiger partial charge in [0.05, 0.1) is 12.6 Å². The molecular weight excluding hydrogens is 319 g/mol. The Kier molecular flexibility index (Phi) is 5.54. The first-order valence-corrected chi connectivity index (χ1v) is 6.17. The van der Waals surface area contributed by atoms with Crippen LogP contribution in [-0.4, -0.2) is 23.8 Å². The van der Waals surface area contributed by atoms with Crippen LogP contribution in [0.4, 0.5) is 10.5 Å². The lowest BCUT2D eigenvalue weighted by atomic mass is 10.2. The number of carbonyl (C=O) groups excluding carboxylic acids is 1. The maximum atomic E-state index is 11.5. The quantitative estimate of drug-likeness (QED) is 0.739. The van der Waals surface area contributed by atoms with Crippen molar-refractivity contribution >= 4 is 34.3 Å². The molecule has 3 N–H and O–H groups in total. The molecule has 1 unspecified atom stereocenters. The minimum atomic E-state index is -0.290. The number of hydrogen-bond donors (Lipinski definition) is 3. The van der Waals surface area contributed by atoms with Crippen LogP contribution in [0.1, 0.15) is 13.3 Å². The molecule has 0 radical (unpaired) electrons. The van der Waals surface area contributed by atoms with Gasteiger partial charge in [-0.2, -0.15) is 0 Å². The van der Waals surface area contributed by atoms with Crippen molar-refractivity contribution in [3.05, 3.63) is 27.8 Å². The number of urea groups is 1. The lowest BCUT2D eigenvalue weighted by molar-refractivity contribution is 0.222. The molecular formula is C11H15IN2O2. The van der Waals surface area contributed by atoms with Gasteiger partial charge in [0, 0.05) is 9.26 Å². The van der Waals surface area contributed by atoms with Crippen LogP contribution >= 0.6 is 22.6 Å². The second-order valence-corrected chi connectivity index (χ2v) is 4.64. The van der Waals surface area contributed by atoms with Gasteiger partial charge < -0.3 is 15.7 Å². The Bertz CT molecular complexity index is 336. The standard InChI is InChI=1S/C11H15IN2O2/c1-2-9(7-15)13-11(16)14-10-5-3-8(12)4-6-10/h3-6,9,15H,2,7H2,1H3,(H2,13,14,16). The van der Waals surface area contributed by atoms with Gasteiger partial charge in [-0.1, -0.05) is 6.92 Å². The second-order valence-electron chi connectivity index (χ2n) is 3.39. The number of anilines is 1. The van der Waals surface area contributed by atoms with E-state index in [1.165, 1.54) is 0 Å². The average molecular weight is 334 g/mol. The highest BCUT2D eigenvalue weighted by molar-refractivity contribution is 14.1. The largest absolute Gasteiger partial charge is 0.394 e. The maximum Gasteiger partial charge on any atom is 0.319 e. The van der Waals surface area contributed by atoms with Gasteiger partial charge in [-0.15, -0.1) is 0 Å². The topological polar surface area (TPSA) is 61.4 Å². The second kappa shape index (κ2) is 6.70. The van der Waals surface area contributed by atoms with E-state index < -0.39 is 0 Å². The molecule has 0 saturated carbocycles. The molecule has 0 heterocycles. The summed E-state index contributed by atoms with van der Waals surface area (Å²) in [7, 11) is 0. The van der Waals surface area contributed by atoms with Crippen molar-refractivity contribution in [3.63, 3.8) is 0 Å². The minimum absolute atomic E-state index is 0.0450. The van der Waals surface area contributed by atoms with E-state index in [1.807, 2.05) is 31.2 Å². The summed E-state index contributed by atoms with van der Waals surface area (Å²) in [6, 6.07) is 7.02. The molecule has 4 nitrogen and oxygen atoms in total. The SMILES string of the molecule is CCC(CO)NC(=O)Nc1ccc(I)cc1. The van der Waals surface area contributed by atoms with Gasteiger partial charge in [0.1, 0.15) is 0 Å². The number of rotatable bonds is 4. The predicted molar refractivity (Wildman–Crippen MR) is 72.5 cm³/mol. The third-order valence-electron chi connectivity index (χ3n) is 2.15. The molecule has 0 aliphatic heterocycles. The molecule has 0 aliphatic rings. The van der Waals surface area contributed by atoms with Crippen molar-refractivity contribution in [2.24, 2.45) is 0 Å². The van der Waals surface area contributed by atoms with E-state index in [4.69, 9.17) is 5.11 Å². The summed E-state index contributed by atoms with van der Waals surface area (Å²) in [4.78, 5) is 11.5. The zero-order chi connectivity index (χ0) is 12.0. The van der Waals surface area contributed by atoms with Gasteiger partial charge in [-0.25, -0.2) is 4.79 Å². The zero-order valence-electron chi connectivity index (χ0n) is 9.03. The van der Waals surface area contributed by atoms with Crippen LogP contribution in [0.25, 0.3) is 0 Å². The first-order valence-electron chi connectivity index (χ1n) is 5.09. The third kappa shape index (κ3) is 4.36. The van der Waals surface area contributed by atoms with E-state index in [0.29, 0.717) is 6.42 Å². The van der Waals surface area contributed by atoms with E-state index in [-0.39, 0.29) is 18.7 Å². The lowest BCUT2D eigenvalue weighted by Gasteiger charge is -2.14. The molecule has 0 aromatic heterocycles. The summed E-state index contributed by atoms with van der Waals surface area (Å²) < 4.78 is 1.12. The molecule has 5 heteroatoms. The Balaban J connectivity index is 2.48. The van der Waals surface area contributed by atoms with Crippen LogP contribution in [0.3, 0.4) is 0 Å². The van der Waals surface area contributed by atoms with Crippen molar-refractivity contribution in [2.45, 2.75) is 19.4 Å². The zero-order valence-corrected chi connectivity index (χ0v) is 11.2. The molecule has 1 rings (SSSR count). The number of hydrogen-bond acceptors (Lipinski definition) is 2. The fraction of sp³-hybridized carbons (Fsp3) is 0.364. The molecule has 0 aliphatic carbocycles. The van der Waals surface area contributed by atoms with Crippen molar-refractivity contribution in [1.29, 1.82) is 0 Å². The number of halogens is 1. The smallest absolute Gasteiger partial charge is 0.319 e. The van der Waals surface area contributed by atoms with Crippen LogP contribution in [0.2, 0.25) is 0 Å². The number of carbonyl (C=O) groups is 1. The molecule has 1 aromatic carbocycles. The highest BCUT2D eigenvalue weighted by atomic mass is 127. The molecule has 0 saturated heterocycles. The summed E-state index contributed by atoms with van der Waals surface area (Å²) in [6.45, 7) is 1.86. The van der Waals surface area contributed by atoms with Crippen molar-refractivity contribution in [2.75, 3.05) is 11.9 Å². The Morgan fingerprint density at radius 2 is 2.06 bits per heavy atom. The molecule has 88 valence electrons. The van der Waals surface area contributed by atoms with Crippen LogP contribution in [0, 0.1) is 3.57 Å². The van der Waals surface area contributed by atoms with Crippen LogP contribution in [0.5, 0.6) is 0 Å². The third-order valence-corrected chi connectivity index (χ3v) is 2.87. The summed E-state index contributed by atoms with van der Waals surface area (Å²) in [6.07, 6.45) is 0.705. The van der Waals surface area contributed by atoms with E-state index in [2.05, 4.69) is 33.2 Å². The Morgan fingerprint density at radius 3 is 2.56 bits per heavy atom. The molecule has 2 amide bonds. The summed E-state index contributed by atoms with van der Waals surface area (Å²) in [5.74, 6) is 0. The number of nitrogens with one attached hydrogen (secondary N) is 2. The van der Waals surface area contributed by atoms with E-state index in [9.17, 15) is 4.79 Å². The fourth-order valence-electron chi connectivity index (χ4n) is 1.16. The molecule has 0 fully saturated rings. The monoisotopic (exact) mass is 334 g/mol. The summed E-state index contributed by atoms with van der Waals surface area (Å²) >= 11 is 2.20. The molecule has 0 bridgehead atoms. The van der Waals surface area contributed by atoms with Crippen molar-refractivity contribution in [1.82, 2.24) is 5.32 Å². The first-order chi connectivity index (χ1) is 7.65. The minimum Gasteiger partial charge on any atom is -0.394 e. The van der Waals surface area contributed by atoms with Gasteiger partial charge in [-0.05, 0) is 53.3 Å². The predicted octanol–water partition coefficient (Wildman–Crippen LogP) is 2.18. The average Bonchev–Trinajstić information content (AvgIpc) is 2.29. The lowest BCUT2D eigenvalue weighted by Crippen LogP contribution is -2.39. The van der Waals surface area contributed by atoms with Gasteiger partial charge >= 0.3 is 6.03 Å². The first kappa shape index (κ1) is 13.2. The van der Waals surface area contributed by atoms with Gasteiger partial charge in [0.25, 0.3) is 0 Å². The van der Waals surface area contributed by atoms with E-state index in [0.717, 1.165) is 9.26 Å². The van der Waals surface area contributed by atoms with E-state index >= 15 is 0 Å².